The van der Waals surface area contributed by atoms with E-state index >= 15 is 0 Å². The highest BCUT2D eigenvalue weighted by Gasteiger charge is 2.18. The van der Waals surface area contributed by atoms with Crippen molar-refractivity contribution in [2.45, 2.75) is 33.4 Å². The third kappa shape index (κ3) is 3.93. The maximum atomic E-state index is 10.5. The van der Waals surface area contributed by atoms with Gasteiger partial charge in [-0.1, -0.05) is 56.3 Å². The molecule has 0 aliphatic rings. The Labute approximate surface area is 159 Å². The summed E-state index contributed by atoms with van der Waals surface area (Å²) in [6.45, 7) is 6.28. The zero-order chi connectivity index (χ0) is 19.6. The summed E-state index contributed by atoms with van der Waals surface area (Å²) in [6, 6.07) is 15.3. The number of fused-ring (bicyclic) bond motifs is 1. The van der Waals surface area contributed by atoms with E-state index in [0.29, 0.717) is 18.0 Å². The van der Waals surface area contributed by atoms with Gasteiger partial charge in [-0.25, -0.2) is 0 Å². The van der Waals surface area contributed by atoms with Crippen molar-refractivity contribution < 1.29 is 5.11 Å². The van der Waals surface area contributed by atoms with Crippen molar-refractivity contribution in [2.24, 2.45) is 11.7 Å². The average molecular weight is 362 g/mol. The maximum Gasteiger partial charge on any atom is 0.0985 e. The molecule has 0 radical (unpaired) electrons. The van der Waals surface area contributed by atoms with E-state index in [0.717, 1.165) is 27.6 Å². The first kappa shape index (κ1) is 18.9. The second-order valence-electron chi connectivity index (χ2n) is 7.14. The Hall–Kier alpha value is -2.92. The van der Waals surface area contributed by atoms with Gasteiger partial charge >= 0.3 is 0 Å². The average Bonchev–Trinajstić information content (AvgIpc) is 3.04. The van der Waals surface area contributed by atoms with E-state index in [2.05, 4.69) is 5.10 Å². The van der Waals surface area contributed by atoms with E-state index in [1.807, 2.05) is 75.5 Å². The number of hydrogen-bond acceptors (Lipinski definition) is 4. The number of nitrogens with zero attached hydrogens (tertiary/aromatic N) is 2. The molecule has 1 heterocycles. The van der Waals surface area contributed by atoms with Crippen LogP contribution in [0.25, 0.3) is 10.9 Å². The first-order valence-corrected chi connectivity index (χ1v) is 9.13. The minimum absolute atomic E-state index is 0.160. The lowest BCUT2D eigenvalue weighted by molar-refractivity contribution is 0.152. The smallest absolute Gasteiger partial charge is 0.0985 e. The predicted molar refractivity (Wildman–Crippen MR) is 110 cm³/mol. The van der Waals surface area contributed by atoms with Gasteiger partial charge in [-0.05, 0) is 30.0 Å². The highest BCUT2D eigenvalue weighted by molar-refractivity contribution is 6.17. The summed E-state index contributed by atoms with van der Waals surface area (Å²) >= 11 is 0. The molecule has 0 amide bonds. The third-order valence-corrected chi connectivity index (χ3v) is 4.68. The molecule has 5 heteroatoms. The fourth-order valence-corrected chi connectivity index (χ4v) is 3.45. The monoisotopic (exact) mass is 362 g/mol. The highest BCUT2D eigenvalue weighted by Crippen LogP contribution is 2.25. The molecule has 0 saturated heterocycles. The number of benzene rings is 2. The third-order valence-electron chi connectivity index (χ3n) is 4.68. The lowest BCUT2D eigenvalue weighted by Crippen LogP contribution is -2.15. The number of nitrogens with one attached hydrogen (secondary N) is 1. The highest BCUT2D eigenvalue weighted by atomic mass is 16.3. The molecule has 27 heavy (non-hydrogen) atoms. The van der Waals surface area contributed by atoms with Gasteiger partial charge < -0.3 is 10.8 Å². The molecule has 0 bridgehead atoms. The van der Waals surface area contributed by atoms with E-state index in [1.54, 1.807) is 4.68 Å². The van der Waals surface area contributed by atoms with E-state index < -0.39 is 6.10 Å². The molecular formula is C22H26N4O. The van der Waals surface area contributed by atoms with Crippen molar-refractivity contribution >= 4 is 16.6 Å². The molecule has 4 N–H and O–H groups in total. The summed E-state index contributed by atoms with van der Waals surface area (Å²) in [5, 5.41) is 24.6. The van der Waals surface area contributed by atoms with Gasteiger partial charge in [0.05, 0.1) is 23.9 Å². The van der Waals surface area contributed by atoms with E-state index in [4.69, 9.17) is 11.1 Å². The fourth-order valence-electron chi connectivity index (χ4n) is 3.45. The predicted octanol–water partition coefficient (Wildman–Crippen LogP) is 4.03. The van der Waals surface area contributed by atoms with Crippen LogP contribution in [0.15, 0.2) is 66.0 Å². The summed E-state index contributed by atoms with van der Waals surface area (Å²) < 4.78 is 1.74. The van der Waals surface area contributed by atoms with Crippen LogP contribution in [0.2, 0.25) is 0 Å². The largest absolute Gasteiger partial charge is 0.402 e. The van der Waals surface area contributed by atoms with Crippen LogP contribution in [0, 0.1) is 11.3 Å². The van der Waals surface area contributed by atoms with Gasteiger partial charge in [-0.15, -0.1) is 0 Å². The van der Waals surface area contributed by atoms with Crippen molar-refractivity contribution in [2.75, 3.05) is 0 Å². The second kappa shape index (κ2) is 7.76. The van der Waals surface area contributed by atoms with Gasteiger partial charge in [0.25, 0.3) is 0 Å². The number of aliphatic hydroxyl groups excluding tert-OH is 1. The SMILES string of the molecule is C/C(N)=C(/C(=N)c1cccc2nn(CC(O)c3ccccc3)cc12)C(C)C. The zero-order valence-electron chi connectivity index (χ0n) is 16.0. The standard InChI is InChI=1S/C22H26N4O/c1-14(2)21(15(3)23)22(24)17-10-7-11-19-18(17)12-26(25-19)13-20(27)16-8-5-4-6-9-16/h4-12,14,20,24,27H,13,23H2,1-3H3/b21-15-,24-22?. The lowest BCUT2D eigenvalue weighted by Gasteiger charge is -2.15. The van der Waals surface area contributed by atoms with Crippen LogP contribution in [0.5, 0.6) is 0 Å². The van der Waals surface area contributed by atoms with Crippen molar-refractivity contribution in [1.82, 2.24) is 9.78 Å². The Bertz CT molecular complexity index is 982. The van der Waals surface area contributed by atoms with Gasteiger partial charge in [0.2, 0.25) is 0 Å². The number of hydrogen-bond donors (Lipinski definition) is 3. The first-order valence-electron chi connectivity index (χ1n) is 9.13. The molecule has 3 rings (SSSR count). The molecule has 5 nitrogen and oxygen atoms in total. The van der Waals surface area contributed by atoms with Gasteiger partial charge in [-0.2, -0.15) is 5.10 Å². The molecule has 1 unspecified atom stereocenters. The van der Waals surface area contributed by atoms with Gasteiger partial charge in [0.15, 0.2) is 0 Å². The number of rotatable bonds is 6. The Morgan fingerprint density at radius 1 is 1.15 bits per heavy atom. The van der Waals surface area contributed by atoms with Crippen LogP contribution in [0.3, 0.4) is 0 Å². The van der Waals surface area contributed by atoms with Crippen molar-refractivity contribution in [1.29, 1.82) is 5.41 Å². The number of allylic oxidation sites excluding steroid dienone is 2. The molecule has 2 aromatic carbocycles. The molecule has 0 fully saturated rings. The Morgan fingerprint density at radius 2 is 1.85 bits per heavy atom. The molecule has 0 aliphatic heterocycles. The summed E-state index contributed by atoms with van der Waals surface area (Å²) in [6.07, 6.45) is 1.26. The topological polar surface area (TPSA) is 87.9 Å². The number of aliphatic hydroxyl groups is 1. The summed E-state index contributed by atoms with van der Waals surface area (Å²) in [7, 11) is 0. The quantitative estimate of drug-likeness (QED) is 0.579. The molecule has 0 aliphatic carbocycles. The van der Waals surface area contributed by atoms with Crippen LogP contribution >= 0.6 is 0 Å². The Morgan fingerprint density at radius 3 is 2.48 bits per heavy atom. The molecule has 0 saturated carbocycles. The van der Waals surface area contributed by atoms with E-state index in [9.17, 15) is 5.11 Å². The molecule has 3 aromatic rings. The minimum Gasteiger partial charge on any atom is -0.402 e. The maximum absolute atomic E-state index is 10.5. The Kier molecular flexibility index (Phi) is 5.42. The first-order chi connectivity index (χ1) is 12.9. The Balaban J connectivity index is 1.96. The molecule has 1 aromatic heterocycles. The minimum atomic E-state index is -0.638. The van der Waals surface area contributed by atoms with Gasteiger partial charge in [-0.3, -0.25) is 10.1 Å². The van der Waals surface area contributed by atoms with Crippen LogP contribution in [-0.2, 0) is 6.54 Å². The number of aromatic nitrogens is 2. The van der Waals surface area contributed by atoms with Crippen molar-refractivity contribution in [3.63, 3.8) is 0 Å². The van der Waals surface area contributed by atoms with Crippen LogP contribution in [0.1, 0.15) is 38.0 Å². The summed E-state index contributed by atoms with van der Waals surface area (Å²) in [5.41, 5.74) is 10.4. The van der Waals surface area contributed by atoms with Crippen LogP contribution < -0.4 is 5.73 Å². The van der Waals surface area contributed by atoms with Gasteiger partial charge in [0.1, 0.15) is 0 Å². The van der Waals surface area contributed by atoms with E-state index in [-0.39, 0.29) is 5.92 Å². The summed E-state index contributed by atoms with van der Waals surface area (Å²) in [4.78, 5) is 0. The fraction of sp³-hybridized carbons (Fsp3) is 0.273. The van der Waals surface area contributed by atoms with Crippen LogP contribution in [-0.4, -0.2) is 20.6 Å². The molecule has 140 valence electrons. The van der Waals surface area contributed by atoms with Crippen molar-refractivity contribution in [3.05, 3.63) is 77.1 Å². The number of nitrogens with two attached hydrogens (primary N) is 1. The normalized spacial score (nSPS) is 13.7. The van der Waals surface area contributed by atoms with E-state index in [1.165, 1.54) is 0 Å². The second-order valence-corrected chi connectivity index (χ2v) is 7.14. The van der Waals surface area contributed by atoms with Crippen molar-refractivity contribution in [3.8, 4) is 0 Å². The molecular weight excluding hydrogens is 336 g/mol. The summed E-state index contributed by atoms with van der Waals surface area (Å²) in [5.74, 6) is 0.160. The molecule has 0 spiro atoms. The van der Waals surface area contributed by atoms with Gasteiger partial charge in [0, 0.05) is 22.8 Å². The zero-order valence-corrected chi connectivity index (χ0v) is 16.0. The van der Waals surface area contributed by atoms with Crippen LogP contribution in [0.4, 0.5) is 0 Å². The lowest BCUT2D eigenvalue weighted by atomic mass is 9.91. The molecule has 1 atom stereocenters.